The van der Waals surface area contributed by atoms with Crippen molar-refractivity contribution in [3.8, 4) is 0 Å². The van der Waals surface area contributed by atoms with Gasteiger partial charge in [0.15, 0.2) is 0 Å². The number of aliphatic hydroxyl groups is 1. The number of hydrogen-bond acceptors (Lipinski definition) is 5. The van der Waals surface area contributed by atoms with Crippen LogP contribution in [-0.4, -0.2) is 26.7 Å². The quantitative estimate of drug-likeness (QED) is 0.649. The standard InChI is InChI=1S/C10H18N2O3S2/c1-8(6-13)3-2-4-12-17(14,15)10-5-9(11)7-16-10/h5,7-8,12-13H,2-4,6,11H2,1H3. The van der Waals surface area contributed by atoms with Crippen LogP contribution in [0.3, 0.4) is 0 Å². The average Bonchev–Trinajstić information content (AvgIpc) is 2.71. The van der Waals surface area contributed by atoms with Gasteiger partial charge in [-0.25, -0.2) is 13.1 Å². The topological polar surface area (TPSA) is 92.4 Å². The summed E-state index contributed by atoms with van der Waals surface area (Å²) in [4.78, 5) is 0. The Morgan fingerprint density at radius 2 is 2.29 bits per heavy atom. The average molecular weight is 278 g/mol. The minimum atomic E-state index is -3.42. The Labute approximate surface area is 106 Å². The molecule has 1 heterocycles. The van der Waals surface area contributed by atoms with Crippen LogP contribution in [-0.2, 0) is 10.0 Å². The van der Waals surface area contributed by atoms with E-state index < -0.39 is 10.0 Å². The maximum absolute atomic E-state index is 11.8. The highest BCUT2D eigenvalue weighted by Gasteiger charge is 2.15. The van der Waals surface area contributed by atoms with Crippen molar-refractivity contribution in [2.45, 2.75) is 24.0 Å². The van der Waals surface area contributed by atoms with Crippen molar-refractivity contribution < 1.29 is 13.5 Å². The Morgan fingerprint density at radius 1 is 1.59 bits per heavy atom. The fourth-order valence-electron chi connectivity index (χ4n) is 1.29. The molecule has 0 aliphatic heterocycles. The first kappa shape index (κ1) is 14.4. The largest absolute Gasteiger partial charge is 0.398 e. The van der Waals surface area contributed by atoms with E-state index in [0.717, 1.165) is 17.8 Å². The molecule has 0 amide bonds. The molecule has 0 aliphatic rings. The molecule has 1 aromatic rings. The molecule has 0 bridgehead atoms. The van der Waals surface area contributed by atoms with Crippen molar-refractivity contribution >= 4 is 27.0 Å². The number of hydrogen-bond donors (Lipinski definition) is 3. The van der Waals surface area contributed by atoms with Gasteiger partial charge >= 0.3 is 0 Å². The summed E-state index contributed by atoms with van der Waals surface area (Å²) in [6, 6.07) is 1.45. The van der Waals surface area contributed by atoms with E-state index >= 15 is 0 Å². The normalized spacial score (nSPS) is 13.8. The lowest BCUT2D eigenvalue weighted by Gasteiger charge is -2.08. The fraction of sp³-hybridized carbons (Fsp3) is 0.600. The van der Waals surface area contributed by atoms with Gasteiger partial charge in [-0.1, -0.05) is 6.92 Å². The molecule has 17 heavy (non-hydrogen) atoms. The van der Waals surface area contributed by atoms with Crippen LogP contribution in [0, 0.1) is 5.92 Å². The number of nitrogen functional groups attached to an aromatic ring is 1. The van der Waals surface area contributed by atoms with Crippen molar-refractivity contribution in [3.63, 3.8) is 0 Å². The zero-order valence-corrected chi connectivity index (χ0v) is 11.4. The Morgan fingerprint density at radius 3 is 2.82 bits per heavy atom. The van der Waals surface area contributed by atoms with Crippen LogP contribution >= 0.6 is 11.3 Å². The van der Waals surface area contributed by atoms with Crippen molar-refractivity contribution in [2.75, 3.05) is 18.9 Å². The lowest BCUT2D eigenvalue weighted by Crippen LogP contribution is -2.24. The van der Waals surface area contributed by atoms with Gasteiger partial charge < -0.3 is 10.8 Å². The van der Waals surface area contributed by atoms with Crippen molar-refractivity contribution in [1.82, 2.24) is 4.72 Å². The van der Waals surface area contributed by atoms with Crippen LogP contribution in [0.5, 0.6) is 0 Å². The monoisotopic (exact) mass is 278 g/mol. The zero-order valence-electron chi connectivity index (χ0n) is 9.72. The molecule has 1 aromatic heterocycles. The molecule has 0 spiro atoms. The molecule has 7 heteroatoms. The molecule has 0 radical (unpaired) electrons. The molecule has 5 nitrogen and oxygen atoms in total. The van der Waals surface area contributed by atoms with E-state index in [9.17, 15) is 8.42 Å². The van der Waals surface area contributed by atoms with E-state index in [1.807, 2.05) is 6.92 Å². The fourth-order valence-corrected chi connectivity index (χ4v) is 3.49. The predicted octanol–water partition coefficient (Wildman–Crippen LogP) is 1.02. The van der Waals surface area contributed by atoms with Crippen molar-refractivity contribution in [3.05, 3.63) is 11.4 Å². The summed E-state index contributed by atoms with van der Waals surface area (Å²) < 4.78 is 26.3. The second-order valence-electron chi connectivity index (χ2n) is 4.03. The smallest absolute Gasteiger partial charge is 0.250 e. The SMILES string of the molecule is CC(CO)CCCNS(=O)(=O)c1cc(N)cs1. The van der Waals surface area contributed by atoms with E-state index in [2.05, 4.69) is 4.72 Å². The Balaban J connectivity index is 2.41. The van der Waals surface area contributed by atoms with Gasteiger partial charge in [0.05, 0.1) is 0 Å². The van der Waals surface area contributed by atoms with Gasteiger partial charge in [-0.15, -0.1) is 11.3 Å². The number of nitrogens with one attached hydrogen (secondary N) is 1. The molecule has 1 rings (SSSR count). The van der Waals surface area contributed by atoms with E-state index in [-0.39, 0.29) is 16.7 Å². The van der Waals surface area contributed by atoms with Gasteiger partial charge in [-0.2, -0.15) is 0 Å². The van der Waals surface area contributed by atoms with E-state index in [1.54, 1.807) is 5.38 Å². The Kier molecular flexibility index (Phi) is 5.38. The van der Waals surface area contributed by atoms with Gasteiger partial charge in [0, 0.05) is 24.2 Å². The predicted molar refractivity (Wildman–Crippen MR) is 69.4 cm³/mol. The summed E-state index contributed by atoms with van der Waals surface area (Å²) in [5.74, 6) is 0.205. The highest BCUT2D eigenvalue weighted by molar-refractivity contribution is 7.91. The highest BCUT2D eigenvalue weighted by Crippen LogP contribution is 2.21. The molecule has 0 saturated carbocycles. The molecule has 4 N–H and O–H groups in total. The third kappa shape index (κ3) is 4.63. The summed E-state index contributed by atoms with van der Waals surface area (Å²) in [5, 5.41) is 10.4. The minimum Gasteiger partial charge on any atom is -0.398 e. The number of sulfonamides is 1. The molecule has 0 fully saturated rings. The Hall–Kier alpha value is -0.630. The van der Waals surface area contributed by atoms with E-state index in [1.165, 1.54) is 6.07 Å². The molecule has 1 atom stereocenters. The van der Waals surface area contributed by atoms with Crippen molar-refractivity contribution in [1.29, 1.82) is 0 Å². The summed E-state index contributed by atoms with van der Waals surface area (Å²) >= 11 is 1.11. The second kappa shape index (κ2) is 6.34. The first-order valence-electron chi connectivity index (χ1n) is 5.40. The van der Waals surface area contributed by atoms with Gasteiger partial charge in [-0.05, 0) is 24.8 Å². The number of nitrogens with two attached hydrogens (primary N) is 1. The first-order chi connectivity index (χ1) is 7.95. The van der Waals surface area contributed by atoms with Crippen molar-refractivity contribution in [2.24, 2.45) is 5.92 Å². The number of thiophene rings is 1. The van der Waals surface area contributed by atoms with Crippen LogP contribution in [0.25, 0.3) is 0 Å². The minimum absolute atomic E-state index is 0.133. The lowest BCUT2D eigenvalue weighted by atomic mass is 10.1. The van der Waals surface area contributed by atoms with Gasteiger partial charge in [0.25, 0.3) is 0 Å². The molecular weight excluding hydrogens is 260 g/mol. The van der Waals surface area contributed by atoms with Crippen LogP contribution < -0.4 is 10.5 Å². The van der Waals surface area contributed by atoms with Gasteiger partial charge in [-0.3, -0.25) is 0 Å². The molecule has 0 aromatic carbocycles. The molecule has 0 saturated heterocycles. The summed E-state index contributed by atoms with van der Waals surface area (Å²) in [6.07, 6.45) is 1.51. The summed E-state index contributed by atoms with van der Waals surface area (Å²) in [6.45, 7) is 2.44. The molecule has 0 aliphatic carbocycles. The lowest BCUT2D eigenvalue weighted by molar-refractivity contribution is 0.228. The molecular formula is C10H18N2O3S2. The molecule has 98 valence electrons. The maximum Gasteiger partial charge on any atom is 0.250 e. The first-order valence-corrected chi connectivity index (χ1v) is 7.76. The number of anilines is 1. The van der Waals surface area contributed by atoms with E-state index in [4.69, 9.17) is 10.8 Å². The van der Waals surface area contributed by atoms with Crippen LogP contribution in [0.2, 0.25) is 0 Å². The van der Waals surface area contributed by atoms with Gasteiger partial charge in [0.1, 0.15) is 4.21 Å². The third-order valence-electron chi connectivity index (χ3n) is 2.34. The summed E-state index contributed by atoms with van der Waals surface area (Å²) in [7, 11) is -3.42. The van der Waals surface area contributed by atoms with Gasteiger partial charge in [0.2, 0.25) is 10.0 Å². The Bertz CT molecular complexity index is 442. The summed E-state index contributed by atoms with van der Waals surface area (Å²) in [5.41, 5.74) is 5.94. The maximum atomic E-state index is 11.8. The van der Waals surface area contributed by atoms with Crippen LogP contribution in [0.4, 0.5) is 5.69 Å². The highest BCUT2D eigenvalue weighted by atomic mass is 32.2. The molecule has 1 unspecified atom stereocenters. The number of rotatable bonds is 7. The number of aliphatic hydroxyl groups excluding tert-OH is 1. The second-order valence-corrected chi connectivity index (χ2v) is 6.93. The van der Waals surface area contributed by atoms with Crippen LogP contribution in [0.1, 0.15) is 19.8 Å². The zero-order chi connectivity index (χ0) is 12.9. The van der Waals surface area contributed by atoms with Crippen LogP contribution in [0.15, 0.2) is 15.7 Å². The van der Waals surface area contributed by atoms with E-state index in [0.29, 0.717) is 18.7 Å². The third-order valence-corrected chi connectivity index (χ3v) is 5.26.